The van der Waals surface area contributed by atoms with E-state index in [4.69, 9.17) is 11.6 Å². The van der Waals surface area contributed by atoms with Gasteiger partial charge in [-0.25, -0.2) is 4.98 Å². The standard InChI is InChI=1S/C7H3ClIN3S/c8-5-4(2-1-3-10-5)6-11-12-7(9)13-6/h1-3H. The van der Waals surface area contributed by atoms with E-state index in [9.17, 15) is 0 Å². The van der Waals surface area contributed by atoms with Crippen molar-refractivity contribution in [2.75, 3.05) is 0 Å². The number of nitrogens with zero attached hydrogens (tertiary/aromatic N) is 3. The summed E-state index contributed by atoms with van der Waals surface area (Å²) in [6.07, 6.45) is 1.65. The molecule has 0 atom stereocenters. The molecule has 0 aliphatic rings. The lowest BCUT2D eigenvalue weighted by Gasteiger charge is -1.95. The zero-order valence-electron chi connectivity index (χ0n) is 6.24. The molecule has 2 heterocycles. The molecule has 0 aliphatic carbocycles. The molecule has 0 spiro atoms. The molecular weight excluding hydrogens is 321 g/mol. The first-order chi connectivity index (χ1) is 6.27. The molecule has 0 N–H and O–H groups in total. The van der Waals surface area contributed by atoms with Crippen molar-refractivity contribution in [3.63, 3.8) is 0 Å². The van der Waals surface area contributed by atoms with Gasteiger partial charge in [0, 0.05) is 11.8 Å². The molecule has 2 aromatic rings. The van der Waals surface area contributed by atoms with E-state index < -0.39 is 0 Å². The van der Waals surface area contributed by atoms with Crippen LogP contribution in [0.3, 0.4) is 0 Å². The van der Waals surface area contributed by atoms with Gasteiger partial charge in [-0.1, -0.05) is 22.9 Å². The molecule has 0 aromatic carbocycles. The van der Waals surface area contributed by atoms with E-state index in [2.05, 4.69) is 37.8 Å². The van der Waals surface area contributed by atoms with E-state index in [1.54, 1.807) is 6.20 Å². The summed E-state index contributed by atoms with van der Waals surface area (Å²) in [6.45, 7) is 0. The van der Waals surface area contributed by atoms with Crippen molar-refractivity contribution in [1.82, 2.24) is 15.2 Å². The minimum absolute atomic E-state index is 0.468. The second kappa shape index (κ2) is 3.85. The third-order valence-corrected chi connectivity index (χ3v) is 3.31. The van der Waals surface area contributed by atoms with E-state index >= 15 is 0 Å². The van der Waals surface area contributed by atoms with Gasteiger partial charge in [0.25, 0.3) is 0 Å². The van der Waals surface area contributed by atoms with E-state index in [0.717, 1.165) is 13.6 Å². The maximum absolute atomic E-state index is 5.89. The van der Waals surface area contributed by atoms with Crippen LogP contribution in [-0.4, -0.2) is 15.2 Å². The van der Waals surface area contributed by atoms with Gasteiger partial charge in [0.2, 0.25) is 0 Å². The highest BCUT2D eigenvalue weighted by molar-refractivity contribution is 14.1. The second-order valence-corrected chi connectivity index (χ2v) is 5.29. The number of halogens is 2. The highest BCUT2D eigenvalue weighted by Gasteiger charge is 2.08. The van der Waals surface area contributed by atoms with Crippen LogP contribution in [0, 0.1) is 3.01 Å². The number of hydrogen-bond donors (Lipinski definition) is 0. The Bertz CT molecular complexity index is 431. The van der Waals surface area contributed by atoms with Crippen molar-refractivity contribution >= 4 is 45.5 Å². The van der Waals surface area contributed by atoms with Gasteiger partial charge in [-0.05, 0) is 34.7 Å². The van der Waals surface area contributed by atoms with Crippen LogP contribution in [0.1, 0.15) is 0 Å². The molecular formula is C7H3ClIN3S. The maximum Gasteiger partial charge on any atom is 0.178 e. The highest BCUT2D eigenvalue weighted by atomic mass is 127. The van der Waals surface area contributed by atoms with E-state index in [0.29, 0.717) is 5.15 Å². The van der Waals surface area contributed by atoms with Gasteiger partial charge in [-0.15, -0.1) is 10.2 Å². The van der Waals surface area contributed by atoms with E-state index in [-0.39, 0.29) is 0 Å². The first-order valence-corrected chi connectivity index (χ1v) is 5.64. The number of rotatable bonds is 1. The summed E-state index contributed by atoms with van der Waals surface area (Å²) in [5.41, 5.74) is 0.838. The molecule has 2 aromatic heterocycles. The summed E-state index contributed by atoms with van der Waals surface area (Å²) in [5, 5.41) is 9.16. The van der Waals surface area contributed by atoms with Crippen molar-refractivity contribution in [1.29, 1.82) is 0 Å². The molecule has 0 aliphatic heterocycles. The molecule has 6 heteroatoms. The Morgan fingerprint density at radius 1 is 1.38 bits per heavy atom. The molecule has 0 radical (unpaired) electrons. The lowest BCUT2D eigenvalue weighted by Crippen LogP contribution is -1.81. The summed E-state index contributed by atoms with van der Waals surface area (Å²) >= 11 is 9.51. The van der Waals surface area contributed by atoms with Crippen LogP contribution >= 0.6 is 45.5 Å². The van der Waals surface area contributed by atoms with Crippen LogP contribution in [0.4, 0.5) is 0 Å². The predicted octanol–water partition coefficient (Wildman–Crippen LogP) is 2.86. The Labute approximate surface area is 97.3 Å². The van der Waals surface area contributed by atoms with E-state index in [1.807, 2.05) is 12.1 Å². The molecule has 13 heavy (non-hydrogen) atoms. The Kier molecular flexibility index (Phi) is 2.75. The zero-order valence-corrected chi connectivity index (χ0v) is 9.97. The smallest absolute Gasteiger partial charge is 0.178 e. The molecule has 0 fully saturated rings. The first-order valence-electron chi connectivity index (χ1n) is 3.37. The monoisotopic (exact) mass is 323 g/mol. The maximum atomic E-state index is 5.89. The fraction of sp³-hybridized carbons (Fsp3) is 0. The van der Waals surface area contributed by atoms with E-state index in [1.165, 1.54) is 11.3 Å². The lowest BCUT2D eigenvalue weighted by molar-refractivity contribution is 1.07. The average Bonchev–Trinajstić information content (AvgIpc) is 2.53. The van der Waals surface area contributed by atoms with Crippen molar-refractivity contribution in [2.24, 2.45) is 0 Å². The van der Waals surface area contributed by atoms with Crippen LogP contribution in [0.25, 0.3) is 10.6 Å². The molecule has 0 amide bonds. The van der Waals surface area contributed by atoms with Gasteiger partial charge in [0.05, 0.1) is 0 Å². The Morgan fingerprint density at radius 3 is 2.85 bits per heavy atom. The first kappa shape index (κ1) is 9.29. The van der Waals surface area contributed by atoms with Gasteiger partial charge < -0.3 is 0 Å². The Morgan fingerprint density at radius 2 is 2.23 bits per heavy atom. The third kappa shape index (κ3) is 1.97. The zero-order chi connectivity index (χ0) is 9.26. The van der Waals surface area contributed by atoms with Crippen molar-refractivity contribution in [2.45, 2.75) is 0 Å². The summed E-state index contributed by atoms with van der Waals surface area (Å²) in [7, 11) is 0. The number of hydrogen-bond acceptors (Lipinski definition) is 4. The normalized spacial score (nSPS) is 10.3. The quantitative estimate of drug-likeness (QED) is 0.598. The number of pyridine rings is 1. The largest absolute Gasteiger partial charge is 0.244 e. The van der Waals surface area contributed by atoms with Gasteiger partial charge in [-0.3, -0.25) is 0 Å². The molecule has 66 valence electrons. The van der Waals surface area contributed by atoms with Gasteiger partial charge in [0.15, 0.2) is 8.02 Å². The molecule has 0 saturated heterocycles. The average molecular weight is 324 g/mol. The molecule has 3 nitrogen and oxygen atoms in total. The second-order valence-electron chi connectivity index (χ2n) is 2.20. The minimum atomic E-state index is 0.468. The minimum Gasteiger partial charge on any atom is -0.244 e. The van der Waals surface area contributed by atoms with Crippen LogP contribution < -0.4 is 0 Å². The van der Waals surface area contributed by atoms with Crippen molar-refractivity contribution in [3.05, 3.63) is 26.5 Å². The van der Waals surface area contributed by atoms with Crippen molar-refractivity contribution in [3.8, 4) is 10.6 Å². The molecule has 0 unspecified atom stereocenters. The van der Waals surface area contributed by atoms with Gasteiger partial charge >= 0.3 is 0 Å². The predicted molar refractivity (Wildman–Crippen MR) is 60.9 cm³/mol. The van der Waals surface area contributed by atoms with Crippen molar-refractivity contribution < 1.29 is 0 Å². The van der Waals surface area contributed by atoms with Gasteiger partial charge in [-0.2, -0.15) is 0 Å². The Balaban J connectivity index is 2.52. The highest BCUT2D eigenvalue weighted by Crippen LogP contribution is 2.28. The van der Waals surface area contributed by atoms with Crippen LogP contribution in [0.2, 0.25) is 5.15 Å². The fourth-order valence-corrected chi connectivity index (χ4v) is 2.46. The Hall–Kier alpha value is -0.270. The topological polar surface area (TPSA) is 38.7 Å². The molecule has 0 saturated carbocycles. The van der Waals surface area contributed by atoms with Crippen LogP contribution in [-0.2, 0) is 0 Å². The fourth-order valence-electron chi connectivity index (χ4n) is 0.860. The van der Waals surface area contributed by atoms with Gasteiger partial charge in [0.1, 0.15) is 5.15 Å². The van der Waals surface area contributed by atoms with Crippen LogP contribution in [0.15, 0.2) is 18.3 Å². The lowest BCUT2D eigenvalue weighted by atomic mass is 10.3. The summed E-state index contributed by atoms with van der Waals surface area (Å²) in [4.78, 5) is 3.97. The third-order valence-electron chi connectivity index (χ3n) is 1.39. The SMILES string of the molecule is Clc1ncccc1-c1nnc(I)s1. The molecule has 2 rings (SSSR count). The summed E-state index contributed by atoms with van der Waals surface area (Å²) < 4.78 is 0.896. The number of aromatic nitrogens is 3. The molecule has 0 bridgehead atoms. The summed E-state index contributed by atoms with van der Waals surface area (Å²) in [5.74, 6) is 0. The van der Waals surface area contributed by atoms with Crippen LogP contribution in [0.5, 0.6) is 0 Å². The summed E-state index contributed by atoms with van der Waals surface area (Å²) in [6, 6.07) is 3.71.